The van der Waals surface area contributed by atoms with E-state index in [1.54, 1.807) is 6.07 Å². The lowest BCUT2D eigenvalue weighted by atomic mass is 10.2. The number of nitro groups is 1. The Hall–Kier alpha value is -1.27. The first-order valence-electron chi connectivity index (χ1n) is 4.73. The van der Waals surface area contributed by atoms with Gasteiger partial charge in [0.25, 0.3) is 5.69 Å². The average Bonchev–Trinajstić information content (AvgIpc) is 2.25. The van der Waals surface area contributed by atoms with Crippen LogP contribution in [0.1, 0.15) is 12.0 Å². The second-order valence-electron chi connectivity index (χ2n) is 3.19. The smallest absolute Gasteiger partial charge is 0.304 e. The quantitative estimate of drug-likeness (QED) is 0.490. The molecule has 0 aromatic heterocycles. The summed E-state index contributed by atoms with van der Waals surface area (Å²) in [5, 5.41) is 19.6. The number of halogens is 1. The van der Waals surface area contributed by atoms with Crippen molar-refractivity contribution in [3.05, 3.63) is 38.9 Å². The van der Waals surface area contributed by atoms with Crippen LogP contribution in [0.5, 0.6) is 0 Å². The standard InChI is InChI=1S/C10H10ClNO4S/c11-8-2-1-3-9(12(15)16)7(8)6-17-5-4-10(13)14/h1-3H,4-6H2,(H,13,14). The number of hydrogen-bond acceptors (Lipinski definition) is 4. The van der Waals surface area contributed by atoms with Crippen molar-refractivity contribution in [3.8, 4) is 0 Å². The van der Waals surface area contributed by atoms with E-state index < -0.39 is 10.9 Å². The first-order chi connectivity index (χ1) is 8.02. The summed E-state index contributed by atoms with van der Waals surface area (Å²) in [6, 6.07) is 4.49. The molecule has 0 amide bonds. The third-order valence-corrected chi connectivity index (χ3v) is 3.34. The lowest BCUT2D eigenvalue weighted by molar-refractivity contribution is -0.385. The Balaban J connectivity index is 2.69. The van der Waals surface area contributed by atoms with Crippen LogP contribution in [0.4, 0.5) is 5.69 Å². The van der Waals surface area contributed by atoms with Gasteiger partial charge in [-0.1, -0.05) is 17.7 Å². The van der Waals surface area contributed by atoms with Gasteiger partial charge in [0.15, 0.2) is 0 Å². The number of carboxylic acids is 1. The molecule has 17 heavy (non-hydrogen) atoms. The Morgan fingerprint density at radius 1 is 1.53 bits per heavy atom. The molecule has 1 aromatic carbocycles. The molecule has 1 aromatic rings. The highest BCUT2D eigenvalue weighted by atomic mass is 35.5. The molecule has 0 aliphatic heterocycles. The van der Waals surface area contributed by atoms with E-state index in [9.17, 15) is 14.9 Å². The second-order valence-corrected chi connectivity index (χ2v) is 4.70. The third kappa shape index (κ3) is 4.24. The number of thioether (sulfide) groups is 1. The zero-order valence-electron chi connectivity index (χ0n) is 8.76. The molecule has 0 radical (unpaired) electrons. The third-order valence-electron chi connectivity index (χ3n) is 2.00. The van der Waals surface area contributed by atoms with Crippen LogP contribution in [0.25, 0.3) is 0 Å². The van der Waals surface area contributed by atoms with Gasteiger partial charge in [-0.2, -0.15) is 11.8 Å². The molecule has 5 nitrogen and oxygen atoms in total. The Morgan fingerprint density at radius 3 is 2.82 bits per heavy atom. The van der Waals surface area contributed by atoms with Crippen LogP contribution >= 0.6 is 23.4 Å². The van der Waals surface area contributed by atoms with Crippen molar-refractivity contribution in [2.45, 2.75) is 12.2 Å². The van der Waals surface area contributed by atoms with Gasteiger partial charge in [-0.3, -0.25) is 14.9 Å². The Morgan fingerprint density at radius 2 is 2.24 bits per heavy atom. The van der Waals surface area contributed by atoms with Gasteiger partial charge in [-0.05, 0) is 6.07 Å². The van der Waals surface area contributed by atoms with Crippen LogP contribution in [-0.4, -0.2) is 21.8 Å². The van der Waals surface area contributed by atoms with Crippen molar-refractivity contribution in [3.63, 3.8) is 0 Å². The van der Waals surface area contributed by atoms with Gasteiger partial charge in [0.1, 0.15) is 0 Å². The van der Waals surface area contributed by atoms with Gasteiger partial charge < -0.3 is 5.11 Å². The van der Waals surface area contributed by atoms with Gasteiger partial charge in [0.05, 0.1) is 21.9 Å². The maximum Gasteiger partial charge on any atom is 0.304 e. The van der Waals surface area contributed by atoms with Gasteiger partial charge in [-0.15, -0.1) is 0 Å². The first kappa shape index (κ1) is 13.8. The van der Waals surface area contributed by atoms with Crippen molar-refractivity contribution in [1.82, 2.24) is 0 Å². The van der Waals surface area contributed by atoms with Crippen molar-refractivity contribution in [2.75, 3.05) is 5.75 Å². The molecule has 0 aliphatic carbocycles. The number of carboxylic acid groups (broad SMARTS) is 1. The number of aliphatic carboxylic acids is 1. The highest BCUT2D eigenvalue weighted by Crippen LogP contribution is 2.29. The summed E-state index contributed by atoms with van der Waals surface area (Å²) < 4.78 is 0. The van der Waals surface area contributed by atoms with Crippen LogP contribution in [0.2, 0.25) is 5.02 Å². The van der Waals surface area contributed by atoms with E-state index in [1.165, 1.54) is 23.9 Å². The zero-order valence-corrected chi connectivity index (χ0v) is 10.3. The van der Waals surface area contributed by atoms with Crippen LogP contribution < -0.4 is 0 Å². The zero-order chi connectivity index (χ0) is 12.8. The van der Waals surface area contributed by atoms with Crippen LogP contribution in [0.15, 0.2) is 18.2 Å². The monoisotopic (exact) mass is 275 g/mol. The molecule has 1 N–H and O–H groups in total. The molecule has 0 unspecified atom stereocenters. The van der Waals surface area contributed by atoms with E-state index in [1.807, 2.05) is 0 Å². The molecule has 0 fully saturated rings. The molecule has 7 heteroatoms. The number of nitro benzene ring substituents is 1. The van der Waals surface area contributed by atoms with Crippen molar-refractivity contribution in [2.24, 2.45) is 0 Å². The molecule has 0 atom stereocenters. The van der Waals surface area contributed by atoms with E-state index in [-0.39, 0.29) is 12.1 Å². The van der Waals surface area contributed by atoms with E-state index in [0.717, 1.165) is 0 Å². The minimum Gasteiger partial charge on any atom is -0.481 e. The fourth-order valence-corrected chi connectivity index (χ4v) is 2.48. The fraction of sp³-hybridized carbons (Fsp3) is 0.300. The van der Waals surface area contributed by atoms with Gasteiger partial charge in [-0.25, -0.2) is 0 Å². The lowest BCUT2D eigenvalue weighted by Gasteiger charge is -2.04. The maximum atomic E-state index is 10.8. The SMILES string of the molecule is O=C(O)CCSCc1c(Cl)cccc1[N+](=O)[O-]. The number of hydrogen-bond donors (Lipinski definition) is 1. The molecule has 1 rings (SSSR count). The molecule has 0 heterocycles. The van der Waals surface area contributed by atoms with Gasteiger partial charge >= 0.3 is 5.97 Å². The van der Waals surface area contributed by atoms with Crippen LogP contribution in [0, 0.1) is 10.1 Å². The first-order valence-corrected chi connectivity index (χ1v) is 6.27. The minimum atomic E-state index is -0.883. The van der Waals surface area contributed by atoms with Gasteiger partial charge in [0.2, 0.25) is 0 Å². The molecule has 0 spiro atoms. The number of carbonyl (C=O) groups is 1. The molecule has 0 saturated heterocycles. The van der Waals surface area contributed by atoms with E-state index in [4.69, 9.17) is 16.7 Å². The highest BCUT2D eigenvalue weighted by Gasteiger charge is 2.16. The topological polar surface area (TPSA) is 80.4 Å². The molecule has 0 bridgehead atoms. The van der Waals surface area contributed by atoms with E-state index in [2.05, 4.69) is 0 Å². The maximum absolute atomic E-state index is 10.8. The number of rotatable bonds is 6. The fourth-order valence-electron chi connectivity index (χ4n) is 1.19. The molecule has 0 aliphatic rings. The largest absolute Gasteiger partial charge is 0.481 e. The van der Waals surface area contributed by atoms with E-state index in [0.29, 0.717) is 22.1 Å². The molecule has 92 valence electrons. The summed E-state index contributed by atoms with van der Waals surface area (Å²) in [5.74, 6) is -0.146. The summed E-state index contributed by atoms with van der Waals surface area (Å²) in [7, 11) is 0. The second kappa shape index (κ2) is 6.46. The number of benzene rings is 1. The Labute approximate surface area is 107 Å². The average molecular weight is 276 g/mol. The summed E-state index contributed by atoms with van der Waals surface area (Å²) >= 11 is 7.19. The summed E-state index contributed by atoms with van der Waals surface area (Å²) in [5.41, 5.74) is 0.412. The predicted octanol–water partition coefficient (Wildman–Crippen LogP) is 2.96. The molecule has 0 saturated carbocycles. The van der Waals surface area contributed by atoms with Crippen molar-refractivity contribution < 1.29 is 14.8 Å². The van der Waals surface area contributed by atoms with Crippen LogP contribution in [0.3, 0.4) is 0 Å². The highest BCUT2D eigenvalue weighted by molar-refractivity contribution is 7.98. The summed E-state index contributed by atoms with van der Waals surface area (Å²) in [6.45, 7) is 0. The summed E-state index contributed by atoms with van der Waals surface area (Å²) in [6.07, 6.45) is 0.0307. The summed E-state index contributed by atoms with van der Waals surface area (Å²) in [4.78, 5) is 20.6. The predicted molar refractivity (Wildman–Crippen MR) is 66.5 cm³/mol. The Kier molecular flexibility index (Phi) is 5.24. The molecular weight excluding hydrogens is 266 g/mol. The Bertz CT molecular complexity index is 438. The van der Waals surface area contributed by atoms with Crippen LogP contribution in [-0.2, 0) is 10.5 Å². The van der Waals surface area contributed by atoms with Crippen molar-refractivity contribution >= 4 is 35.0 Å². The van der Waals surface area contributed by atoms with E-state index >= 15 is 0 Å². The normalized spacial score (nSPS) is 10.2. The lowest BCUT2D eigenvalue weighted by Crippen LogP contribution is -1.98. The minimum absolute atomic E-state index is 0.0275. The number of nitrogens with zero attached hydrogens (tertiary/aromatic N) is 1. The van der Waals surface area contributed by atoms with Crippen molar-refractivity contribution in [1.29, 1.82) is 0 Å². The molecular formula is C10H10ClNO4S. The van der Waals surface area contributed by atoms with Gasteiger partial charge in [0, 0.05) is 17.6 Å².